The van der Waals surface area contributed by atoms with E-state index in [1.54, 1.807) is 0 Å². The van der Waals surface area contributed by atoms with Crippen LogP contribution in [-0.4, -0.2) is 28.0 Å². The van der Waals surface area contributed by atoms with Crippen molar-refractivity contribution in [2.45, 2.75) is 44.8 Å². The van der Waals surface area contributed by atoms with Gasteiger partial charge in [-0.15, -0.1) is 0 Å². The molecule has 3 heteroatoms. The summed E-state index contributed by atoms with van der Waals surface area (Å²) in [7, 11) is 0. The van der Waals surface area contributed by atoms with Crippen LogP contribution in [0.5, 0.6) is 0 Å². The molecule has 0 bridgehead atoms. The quantitative estimate of drug-likeness (QED) is 0.865. The fraction of sp³-hybridized carbons (Fsp3) is 0.471. The van der Waals surface area contributed by atoms with Crippen molar-refractivity contribution < 1.29 is 0 Å². The van der Waals surface area contributed by atoms with Gasteiger partial charge in [0.15, 0.2) is 0 Å². The maximum atomic E-state index is 6.42. The number of nitrogens with zero attached hydrogens (tertiary/aromatic N) is 2. The van der Waals surface area contributed by atoms with Gasteiger partial charge < -0.3 is 5.73 Å². The van der Waals surface area contributed by atoms with Gasteiger partial charge >= 0.3 is 0 Å². The molecule has 2 heterocycles. The lowest BCUT2D eigenvalue weighted by atomic mass is 9.95. The smallest absolute Gasteiger partial charge is 0.0750 e. The third-order valence-electron chi connectivity index (χ3n) is 4.29. The number of benzene rings is 1. The molecule has 1 fully saturated rings. The molecule has 2 unspecified atom stereocenters. The Balaban J connectivity index is 2.13. The number of nitrogens with two attached hydrogens (primary N) is 1. The summed E-state index contributed by atoms with van der Waals surface area (Å²) in [6, 6.07) is 11.0. The van der Waals surface area contributed by atoms with E-state index in [4.69, 9.17) is 5.73 Å². The van der Waals surface area contributed by atoms with E-state index >= 15 is 0 Å². The second kappa shape index (κ2) is 4.83. The largest absolute Gasteiger partial charge is 0.326 e. The van der Waals surface area contributed by atoms with Crippen molar-refractivity contribution in [3.63, 3.8) is 0 Å². The highest BCUT2D eigenvalue weighted by Gasteiger charge is 2.39. The zero-order chi connectivity index (χ0) is 14.3. The molecular weight excluding hydrogens is 246 g/mol. The van der Waals surface area contributed by atoms with Crippen LogP contribution in [0.25, 0.3) is 10.9 Å². The summed E-state index contributed by atoms with van der Waals surface area (Å²) in [5.74, 6) is 0. The minimum absolute atomic E-state index is 0.121. The number of para-hydroxylation sites is 1. The Morgan fingerprint density at radius 2 is 1.95 bits per heavy atom. The van der Waals surface area contributed by atoms with Crippen molar-refractivity contribution in [3.05, 3.63) is 42.1 Å². The van der Waals surface area contributed by atoms with Gasteiger partial charge in [0, 0.05) is 29.7 Å². The molecule has 2 aromatic rings. The van der Waals surface area contributed by atoms with Crippen molar-refractivity contribution in [1.29, 1.82) is 0 Å². The Kier molecular flexibility index (Phi) is 3.27. The molecule has 1 aromatic carbocycles. The number of hydrogen-bond donors (Lipinski definition) is 1. The Bertz CT molecular complexity index is 610. The second-order valence-corrected chi connectivity index (χ2v) is 6.68. The van der Waals surface area contributed by atoms with Gasteiger partial charge in [0.2, 0.25) is 0 Å². The molecule has 3 nitrogen and oxygen atoms in total. The Morgan fingerprint density at radius 3 is 2.70 bits per heavy atom. The van der Waals surface area contributed by atoms with Crippen LogP contribution in [-0.2, 0) is 0 Å². The van der Waals surface area contributed by atoms with E-state index < -0.39 is 0 Å². The molecule has 3 rings (SSSR count). The first-order valence-corrected chi connectivity index (χ1v) is 7.34. The molecule has 2 N–H and O–H groups in total. The van der Waals surface area contributed by atoms with Crippen molar-refractivity contribution in [2.24, 2.45) is 5.73 Å². The van der Waals surface area contributed by atoms with Crippen molar-refractivity contribution in [3.8, 4) is 0 Å². The molecule has 1 aliphatic heterocycles. The first kappa shape index (κ1) is 13.5. The maximum Gasteiger partial charge on any atom is 0.0750 e. The van der Waals surface area contributed by atoms with E-state index in [9.17, 15) is 0 Å². The highest BCUT2D eigenvalue weighted by molar-refractivity contribution is 5.82. The SMILES string of the molecule is CC(C)(C)N1CCC(N)C1c1cccc2cccnc12. The highest BCUT2D eigenvalue weighted by Crippen LogP contribution is 2.38. The van der Waals surface area contributed by atoms with Crippen LogP contribution < -0.4 is 5.73 Å². The summed E-state index contributed by atoms with van der Waals surface area (Å²) < 4.78 is 0. The van der Waals surface area contributed by atoms with Gasteiger partial charge in [-0.05, 0) is 38.8 Å². The first-order valence-electron chi connectivity index (χ1n) is 7.34. The Hall–Kier alpha value is -1.45. The average molecular weight is 269 g/mol. The van der Waals surface area contributed by atoms with Crippen LogP contribution in [0, 0.1) is 0 Å². The zero-order valence-electron chi connectivity index (χ0n) is 12.5. The van der Waals surface area contributed by atoms with Crippen molar-refractivity contribution in [1.82, 2.24) is 9.88 Å². The molecule has 0 spiro atoms. The number of pyridine rings is 1. The van der Waals surface area contributed by atoms with Gasteiger partial charge in [0.05, 0.1) is 11.6 Å². The third kappa shape index (κ3) is 2.21. The van der Waals surface area contributed by atoms with Crippen LogP contribution in [0.3, 0.4) is 0 Å². The van der Waals surface area contributed by atoms with Crippen LogP contribution >= 0.6 is 0 Å². The molecule has 1 aliphatic rings. The van der Waals surface area contributed by atoms with Crippen molar-refractivity contribution in [2.75, 3.05) is 6.54 Å². The Morgan fingerprint density at radius 1 is 1.20 bits per heavy atom. The van der Waals surface area contributed by atoms with E-state index in [2.05, 4.69) is 54.9 Å². The summed E-state index contributed by atoms with van der Waals surface area (Å²) in [6.07, 6.45) is 2.92. The number of rotatable bonds is 1. The molecule has 1 aromatic heterocycles. The zero-order valence-corrected chi connectivity index (χ0v) is 12.5. The van der Waals surface area contributed by atoms with E-state index in [0.717, 1.165) is 18.5 Å². The normalized spacial score (nSPS) is 24.4. The van der Waals surface area contributed by atoms with E-state index in [0.29, 0.717) is 0 Å². The molecule has 2 atom stereocenters. The molecule has 0 aliphatic carbocycles. The van der Waals surface area contributed by atoms with E-state index in [1.807, 2.05) is 12.3 Å². The predicted molar refractivity (Wildman–Crippen MR) is 83.5 cm³/mol. The van der Waals surface area contributed by atoms with Crippen LogP contribution in [0.2, 0.25) is 0 Å². The van der Waals surface area contributed by atoms with Crippen LogP contribution in [0.1, 0.15) is 38.8 Å². The number of aromatic nitrogens is 1. The number of likely N-dealkylation sites (tertiary alicyclic amines) is 1. The summed E-state index contributed by atoms with van der Waals surface area (Å²) in [4.78, 5) is 7.11. The fourth-order valence-electron chi connectivity index (χ4n) is 3.33. The highest BCUT2D eigenvalue weighted by atomic mass is 15.3. The summed E-state index contributed by atoms with van der Waals surface area (Å²) in [5.41, 5.74) is 8.90. The molecule has 0 saturated carbocycles. The van der Waals surface area contributed by atoms with Gasteiger partial charge in [-0.2, -0.15) is 0 Å². The van der Waals surface area contributed by atoms with Gasteiger partial charge in [0.25, 0.3) is 0 Å². The topological polar surface area (TPSA) is 42.1 Å². The second-order valence-electron chi connectivity index (χ2n) is 6.68. The summed E-state index contributed by atoms with van der Waals surface area (Å²) >= 11 is 0. The van der Waals surface area contributed by atoms with Crippen LogP contribution in [0.4, 0.5) is 0 Å². The van der Waals surface area contributed by atoms with Gasteiger partial charge in [-0.25, -0.2) is 0 Å². The Labute approximate surface area is 120 Å². The number of fused-ring (bicyclic) bond motifs is 1. The molecule has 0 radical (unpaired) electrons. The number of hydrogen-bond acceptors (Lipinski definition) is 3. The molecule has 106 valence electrons. The standard InChI is InChI=1S/C17H23N3/c1-17(2,3)20-11-9-14(18)16(20)13-8-4-6-12-7-5-10-19-15(12)13/h4-8,10,14,16H,9,11,18H2,1-3H3. The monoisotopic (exact) mass is 269 g/mol. The molecule has 1 saturated heterocycles. The molecule has 20 heavy (non-hydrogen) atoms. The lowest BCUT2D eigenvalue weighted by molar-refractivity contribution is 0.117. The van der Waals surface area contributed by atoms with Gasteiger partial charge in [-0.3, -0.25) is 9.88 Å². The third-order valence-corrected chi connectivity index (χ3v) is 4.29. The minimum atomic E-state index is 0.121. The predicted octanol–water partition coefficient (Wildman–Crippen LogP) is 3.11. The van der Waals surface area contributed by atoms with Crippen LogP contribution in [0.15, 0.2) is 36.5 Å². The summed E-state index contributed by atoms with van der Waals surface area (Å²) in [5, 5.41) is 1.19. The van der Waals surface area contributed by atoms with E-state index in [-0.39, 0.29) is 17.6 Å². The minimum Gasteiger partial charge on any atom is -0.326 e. The average Bonchev–Trinajstić information content (AvgIpc) is 2.80. The maximum absolute atomic E-state index is 6.42. The van der Waals surface area contributed by atoms with Crippen molar-refractivity contribution >= 4 is 10.9 Å². The molecular formula is C17H23N3. The van der Waals surface area contributed by atoms with Gasteiger partial charge in [-0.1, -0.05) is 24.3 Å². The van der Waals surface area contributed by atoms with Gasteiger partial charge in [0.1, 0.15) is 0 Å². The van der Waals surface area contributed by atoms with E-state index in [1.165, 1.54) is 10.9 Å². The lowest BCUT2D eigenvalue weighted by Gasteiger charge is -2.38. The fourth-order valence-corrected chi connectivity index (χ4v) is 3.33. The molecule has 0 amide bonds. The first-order chi connectivity index (χ1) is 9.48. The summed E-state index contributed by atoms with van der Waals surface area (Å²) in [6.45, 7) is 7.84. The lowest BCUT2D eigenvalue weighted by Crippen LogP contribution is -2.43.